The van der Waals surface area contributed by atoms with E-state index in [1.807, 2.05) is 6.92 Å². The Kier molecular flexibility index (Phi) is 2.05. The van der Waals surface area contributed by atoms with Gasteiger partial charge in [0.25, 0.3) is 5.91 Å². The summed E-state index contributed by atoms with van der Waals surface area (Å²) in [5.74, 6) is 0.0520. The minimum atomic E-state index is 0.0520. The molecule has 0 spiro atoms. The van der Waals surface area contributed by atoms with E-state index >= 15 is 0 Å². The third-order valence-electron chi connectivity index (χ3n) is 3.69. The van der Waals surface area contributed by atoms with Crippen LogP contribution in [0, 0.1) is 13.8 Å². The fourth-order valence-corrected chi connectivity index (χ4v) is 2.84. The Bertz CT molecular complexity index is 625. The predicted octanol–water partition coefficient (Wildman–Crippen LogP) is 2.56. The number of benzene rings is 1. The molecule has 3 rings (SSSR count). The van der Waals surface area contributed by atoms with Gasteiger partial charge in [0.15, 0.2) is 0 Å². The average molecular weight is 228 g/mol. The summed E-state index contributed by atoms with van der Waals surface area (Å²) in [4.78, 5) is 12.0. The molecule has 3 nitrogen and oxygen atoms in total. The van der Waals surface area contributed by atoms with Crippen LogP contribution in [0.15, 0.2) is 18.2 Å². The molecule has 2 aromatic rings. The minimum absolute atomic E-state index is 0.0520. The van der Waals surface area contributed by atoms with E-state index < -0.39 is 0 Å². The number of carbonyl (C=O) groups excluding carboxylic acids is 1. The molecule has 1 aliphatic rings. The Morgan fingerprint density at radius 2 is 2.12 bits per heavy atom. The maximum Gasteiger partial charge on any atom is 0.268 e. The molecule has 1 atom stereocenters. The lowest BCUT2D eigenvalue weighted by Crippen LogP contribution is -2.38. The van der Waals surface area contributed by atoms with Gasteiger partial charge in [0.1, 0.15) is 5.69 Å². The zero-order valence-electron chi connectivity index (χ0n) is 10.4. The zero-order chi connectivity index (χ0) is 12.2. The Hall–Kier alpha value is -1.77. The Morgan fingerprint density at radius 3 is 2.88 bits per heavy atom. The SMILES string of the molecule is Cc1c2n(c3c(C)cccc13)[C@H](C)CNC2=O. The van der Waals surface area contributed by atoms with Crippen LogP contribution in [-0.2, 0) is 0 Å². The van der Waals surface area contributed by atoms with Crippen molar-refractivity contribution in [3.05, 3.63) is 35.0 Å². The lowest BCUT2D eigenvalue weighted by molar-refractivity contribution is 0.0918. The fourth-order valence-electron chi connectivity index (χ4n) is 2.84. The average Bonchev–Trinajstić information content (AvgIpc) is 2.61. The molecule has 1 aromatic carbocycles. The van der Waals surface area contributed by atoms with Crippen LogP contribution in [0.1, 0.15) is 34.6 Å². The van der Waals surface area contributed by atoms with Crippen LogP contribution >= 0.6 is 0 Å². The standard InChI is InChI=1S/C14H16N2O/c1-8-5-4-6-11-10(3)13-14(17)15-7-9(2)16(13)12(8)11/h4-6,9H,7H2,1-3H3,(H,15,17)/t9-/m1/s1. The van der Waals surface area contributed by atoms with E-state index in [9.17, 15) is 4.79 Å². The highest BCUT2D eigenvalue weighted by Gasteiger charge is 2.27. The summed E-state index contributed by atoms with van der Waals surface area (Å²) in [6.07, 6.45) is 0. The molecule has 0 bridgehead atoms. The number of rotatable bonds is 0. The summed E-state index contributed by atoms with van der Waals surface area (Å²) in [6, 6.07) is 6.58. The summed E-state index contributed by atoms with van der Waals surface area (Å²) >= 11 is 0. The van der Waals surface area contributed by atoms with Crippen LogP contribution in [0.5, 0.6) is 0 Å². The second-order valence-corrected chi connectivity index (χ2v) is 4.87. The third kappa shape index (κ3) is 1.25. The molecule has 0 saturated carbocycles. The molecule has 88 valence electrons. The normalized spacial score (nSPS) is 19.2. The molecule has 0 fully saturated rings. The number of carbonyl (C=O) groups is 1. The van der Waals surface area contributed by atoms with Gasteiger partial charge in [-0.25, -0.2) is 0 Å². The summed E-state index contributed by atoms with van der Waals surface area (Å²) in [5, 5.41) is 4.15. The molecule has 1 aromatic heterocycles. The van der Waals surface area contributed by atoms with Crippen LogP contribution < -0.4 is 5.32 Å². The molecule has 0 radical (unpaired) electrons. The first-order valence-corrected chi connectivity index (χ1v) is 5.99. The number of nitrogens with zero attached hydrogens (tertiary/aromatic N) is 1. The lowest BCUT2D eigenvalue weighted by atomic mass is 10.1. The highest BCUT2D eigenvalue weighted by Crippen LogP contribution is 2.32. The van der Waals surface area contributed by atoms with Crippen molar-refractivity contribution in [1.82, 2.24) is 9.88 Å². The number of para-hydroxylation sites is 1. The summed E-state index contributed by atoms with van der Waals surface area (Å²) in [7, 11) is 0. The fraction of sp³-hybridized carbons (Fsp3) is 0.357. The summed E-state index contributed by atoms with van der Waals surface area (Å²) in [5.41, 5.74) is 4.36. The van der Waals surface area contributed by atoms with Gasteiger partial charge < -0.3 is 9.88 Å². The quantitative estimate of drug-likeness (QED) is 0.738. The topological polar surface area (TPSA) is 34.0 Å². The first kappa shape index (κ1) is 10.4. The smallest absolute Gasteiger partial charge is 0.268 e. The Labute approximate surface area is 100 Å². The van der Waals surface area contributed by atoms with Crippen molar-refractivity contribution in [2.24, 2.45) is 0 Å². The van der Waals surface area contributed by atoms with E-state index in [-0.39, 0.29) is 5.91 Å². The number of hydrogen-bond acceptors (Lipinski definition) is 1. The van der Waals surface area contributed by atoms with E-state index in [0.29, 0.717) is 12.6 Å². The summed E-state index contributed by atoms with van der Waals surface area (Å²) in [6.45, 7) is 7.00. The second kappa shape index (κ2) is 3.36. The molecule has 1 aliphatic heterocycles. The van der Waals surface area contributed by atoms with Crippen molar-refractivity contribution in [1.29, 1.82) is 0 Å². The molecular weight excluding hydrogens is 212 g/mol. The number of amides is 1. The minimum Gasteiger partial charge on any atom is -0.349 e. The maximum atomic E-state index is 12.0. The highest BCUT2D eigenvalue weighted by molar-refractivity contribution is 6.03. The van der Waals surface area contributed by atoms with Gasteiger partial charge in [-0.1, -0.05) is 18.2 Å². The molecule has 2 heterocycles. The molecule has 17 heavy (non-hydrogen) atoms. The summed E-state index contributed by atoms with van der Waals surface area (Å²) < 4.78 is 2.19. The van der Waals surface area contributed by atoms with Gasteiger partial charge in [0.05, 0.1) is 5.52 Å². The van der Waals surface area contributed by atoms with Gasteiger partial charge in [-0.3, -0.25) is 4.79 Å². The zero-order valence-corrected chi connectivity index (χ0v) is 10.4. The van der Waals surface area contributed by atoms with E-state index in [2.05, 4.69) is 41.9 Å². The third-order valence-corrected chi connectivity index (χ3v) is 3.69. The van der Waals surface area contributed by atoms with Crippen molar-refractivity contribution in [2.45, 2.75) is 26.8 Å². The van der Waals surface area contributed by atoms with E-state index in [1.54, 1.807) is 0 Å². The molecular formula is C14H16N2O. The largest absolute Gasteiger partial charge is 0.349 e. The first-order chi connectivity index (χ1) is 8.11. The van der Waals surface area contributed by atoms with Crippen molar-refractivity contribution in [2.75, 3.05) is 6.54 Å². The Morgan fingerprint density at radius 1 is 1.35 bits per heavy atom. The van der Waals surface area contributed by atoms with Crippen molar-refractivity contribution in [3.8, 4) is 0 Å². The van der Waals surface area contributed by atoms with Gasteiger partial charge in [-0.15, -0.1) is 0 Å². The van der Waals surface area contributed by atoms with Crippen molar-refractivity contribution in [3.63, 3.8) is 0 Å². The van der Waals surface area contributed by atoms with Gasteiger partial charge >= 0.3 is 0 Å². The molecule has 1 N–H and O–H groups in total. The molecule has 0 unspecified atom stereocenters. The lowest BCUT2D eigenvalue weighted by Gasteiger charge is -2.25. The molecule has 3 heteroatoms. The highest BCUT2D eigenvalue weighted by atomic mass is 16.2. The van der Waals surface area contributed by atoms with E-state index in [1.165, 1.54) is 16.5 Å². The molecule has 0 saturated heterocycles. The van der Waals surface area contributed by atoms with Gasteiger partial charge in [-0.05, 0) is 31.9 Å². The van der Waals surface area contributed by atoms with Crippen LogP contribution in [-0.4, -0.2) is 17.0 Å². The second-order valence-electron chi connectivity index (χ2n) is 4.87. The van der Waals surface area contributed by atoms with Crippen molar-refractivity contribution >= 4 is 16.8 Å². The van der Waals surface area contributed by atoms with Gasteiger partial charge in [0, 0.05) is 18.0 Å². The number of nitrogens with one attached hydrogen (secondary N) is 1. The number of aryl methyl sites for hydroxylation is 2. The monoisotopic (exact) mass is 228 g/mol. The number of fused-ring (bicyclic) bond motifs is 3. The molecule has 0 aliphatic carbocycles. The van der Waals surface area contributed by atoms with Crippen LogP contribution in [0.3, 0.4) is 0 Å². The molecule has 1 amide bonds. The number of aromatic nitrogens is 1. The van der Waals surface area contributed by atoms with Crippen LogP contribution in [0.2, 0.25) is 0 Å². The van der Waals surface area contributed by atoms with Crippen molar-refractivity contribution < 1.29 is 4.79 Å². The first-order valence-electron chi connectivity index (χ1n) is 5.99. The predicted molar refractivity (Wildman–Crippen MR) is 68.5 cm³/mol. The van der Waals surface area contributed by atoms with Gasteiger partial charge in [0.2, 0.25) is 0 Å². The van der Waals surface area contributed by atoms with Crippen LogP contribution in [0.25, 0.3) is 10.9 Å². The number of hydrogen-bond donors (Lipinski definition) is 1. The maximum absolute atomic E-state index is 12.0. The van der Waals surface area contributed by atoms with Gasteiger partial charge in [-0.2, -0.15) is 0 Å². The van der Waals surface area contributed by atoms with E-state index in [4.69, 9.17) is 0 Å². The van der Waals surface area contributed by atoms with Crippen LogP contribution in [0.4, 0.5) is 0 Å². The Balaban J connectivity index is 2.50. The van der Waals surface area contributed by atoms with E-state index in [0.717, 1.165) is 11.3 Å².